The molecular weight excluding hydrogens is 260 g/mol. The lowest BCUT2D eigenvalue weighted by molar-refractivity contribution is 0.112. The third-order valence-corrected chi connectivity index (χ3v) is 3.97. The van der Waals surface area contributed by atoms with Gasteiger partial charge in [0.25, 0.3) is 0 Å². The Balaban J connectivity index is 2.16. The summed E-state index contributed by atoms with van der Waals surface area (Å²) in [5, 5.41) is 4.15. The number of hydrogen-bond acceptors (Lipinski definition) is 5. The second-order valence-electron chi connectivity index (χ2n) is 4.19. The van der Waals surface area contributed by atoms with Gasteiger partial charge in [-0.25, -0.2) is 4.98 Å². The van der Waals surface area contributed by atoms with Crippen LogP contribution >= 0.6 is 11.3 Å². The van der Waals surface area contributed by atoms with E-state index >= 15 is 0 Å². The van der Waals surface area contributed by atoms with Crippen LogP contribution in [0.5, 0.6) is 0 Å². The number of nitrogens with one attached hydrogen (secondary N) is 1. The quantitative estimate of drug-likeness (QED) is 0.672. The Morgan fingerprint density at radius 1 is 1.32 bits per heavy atom. The minimum atomic E-state index is -0.278. The van der Waals surface area contributed by atoms with Crippen molar-refractivity contribution in [2.24, 2.45) is 0 Å². The van der Waals surface area contributed by atoms with Crippen LogP contribution in [0, 0.1) is 13.8 Å². The van der Waals surface area contributed by atoms with Crippen LogP contribution in [0.15, 0.2) is 24.3 Å². The summed E-state index contributed by atoms with van der Waals surface area (Å²) < 4.78 is 5.43. The first-order valence-electron chi connectivity index (χ1n) is 5.92. The molecule has 0 saturated carbocycles. The maximum atomic E-state index is 10.6. The topological polar surface area (TPSA) is 51.2 Å². The molecular formula is C14H16N2O2S. The average molecular weight is 276 g/mol. The van der Waals surface area contributed by atoms with E-state index in [0.29, 0.717) is 5.56 Å². The molecule has 5 heteroatoms. The van der Waals surface area contributed by atoms with Crippen molar-refractivity contribution in [1.29, 1.82) is 0 Å². The largest absolute Gasteiger partial charge is 0.355 e. The van der Waals surface area contributed by atoms with E-state index in [1.54, 1.807) is 30.6 Å². The molecule has 1 aromatic heterocycles. The van der Waals surface area contributed by atoms with Crippen molar-refractivity contribution in [1.82, 2.24) is 4.98 Å². The molecule has 100 valence electrons. The summed E-state index contributed by atoms with van der Waals surface area (Å²) in [5.41, 5.74) is 2.57. The molecule has 2 rings (SSSR count). The monoisotopic (exact) mass is 276 g/mol. The summed E-state index contributed by atoms with van der Waals surface area (Å²) in [6.07, 6.45) is 0.546. The number of ether oxygens (including phenoxy) is 1. The lowest BCUT2D eigenvalue weighted by Gasteiger charge is -2.16. The number of thiazole rings is 1. The summed E-state index contributed by atoms with van der Waals surface area (Å²) in [7, 11) is 1.64. The maximum Gasteiger partial charge on any atom is 0.180 e. The first-order chi connectivity index (χ1) is 9.13. The molecule has 1 heterocycles. The van der Waals surface area contributed by atoms with Gasteiger partial charge in [0, 0.05) is 23.2 Å². The number of aromatic nitrogens is 1. The van der Waals surface area contributed by atoms with Crippen molar-refractivity contribution < 1.29 is 9.53 Å². The Hall–Kier alpha value is -1.72. The Bertz CT molecular complexity index is 544. The van der Waals surface area contributed by atoms with Crippen LogP contribution in [0.1, 0.15) is 32.2 Å². The van der Waals surface area contributed by atoms with Crippen molar-refractivity contribution in [2.45, 2.75) is 20.1 Å². The SMILES string of the molecule is COC(Nc1ccc(C=O)cc1)c1nc(C)c(C)s1. The fraction of sp³-hybridized carbons (Fsp3) is 0.286. The predicted octanol–water partition coefficient (Wildman–Crippen LogP) is 3.33. The molecule has 0 aliphatic rings. The van der Waals surface area contributed by atoms with Crippen LogP contribution in [0.25, 0.3) is 0 Å². The molecule has 0 aliphatic carbocycles. The van der Waals surface area contributed by atoms with Gasteiger partial charge in [0.1, 0.15) is 11.3 Å². The number of hydrogen-bond donors (Lipinski definition) is 1. The molecule has 0 spiro atoms. The molecule has 0 radical (unpaired) electrons. The maximum absolute atomic E-state index is 10.6. The number of nitrogens with zero attached hydrogens (tertiary/aromatic N) is 1. The zero-order valence-corrected chi connectivity index (χ0v) is 12.0. The van der Waals surface area contributed by atoms with E-state index in [1.807, 2.05) is 26.0 Å². The standard InChI is InChI=1S/C14H16N2O2S/c1-9-10(2)19-14(15-9)13(18-3)16-12-6-4-11(8-17)5-7-12/h4-8,13,16H,1-3H3. The fourth-order valence-corrected chi connectivity index (χ4v) is 2.59. The molecule has 19 heavy (non-hydrogen) atoms. The lowest BCUT2D eigenvalue weighted by atomic mass is 10.2. The highest BCUT2D eigenvalue weighted by Crippen LogP contribution is 2.26. The van der Waals surface area contributed by atoms with E-state index in [9.17, 15) is 4.79 Å². The number of benzene rings is 1. The number of carbonyl (C=O) groups excluding carboxylic acids is 1. The van der Waals surface area contributed by atoms with Gasteiger partial charge in [0.05, 0.1) is 5.69 Å². The van der Waals surface area contributed by atoms with E-state index in [2.05, 4.69) is 10.3 Å². The van der Waals surface area contributed by atoms with Crippen LogP contribution < -0.4 is 5.32 Å². The highest BCUT2D eigenvalue weighted by molar-refractivity contribution is 7.11. The third kappa shape index (κ3) is 3.19. The Morgan fingerprint density at radius 3 is 2.47 bits per heavy atom. The third-order valence-electron chi connectivity index (χ3n) is 2.85. The number of aldehydes is 1. The summed E-state index contributed by atoms with van der Waals surface area (Å²) in [5.74, 6) is 0. The van der Waals surface area contributed by atoms with Gasteiger partial charge >= 0.3 is 0 Å². The molecule has 0 aliphatic heterocycles. The normalized spacial score (nSPS) is 12.2. The Morgan fingerprint density at radius 2 is 2.00 bits per heavy atom. The first kappa shape index (κ1) is 13.7. The second kappa shape index (κ2) is 5.95. The number of rotatable bonds is 5. The van der Waals surface area contributed by atoms with Gasteiger partial charge in [-0.3, -0.25) is 4.79 Å². The average Bonchev–Trinajstić information content (AvgIpc) is 2.76. The molecule has 0 fully saturated rings. The van der Waals surface area contributed by atoms with E-state index < -0.39 is 0 Å². The summed E-state index contributed by atoms with van der Waals surface area (Å²) in [4.78, 5) is 16.3. The zero-order chi connectivity index (χ0) is 13.8. The highest BCUT2D eigenvalue weighted by atomic mass is 32.1. The van der Waals surface area contributed by atoms with Crippen LogP contribution in [0.2, 0.25) is 0 Å². The van der Waals surface area contributed by atoms with Crippen molar-refractivity contribution in [3.63, 3.8) is 0 Å². The smallest absolute Gasteiger partial charge is 0.180 e. The fourth-order valence-electron chi connectivity index (χ4n) is 1.64. The second-order valence-corrected chi connectivity index (χ2v) is 5.43. The van der Waals surface area contributed by atoms with E-state index in [1.165, 1.54) is 4.88 Å². The molecule has 1 N–H and O–H groups in total. The van der Waals surface area contributed by atoms with Crippen molar-refractivity contribution >= 4 is 23.3 Å². The number of aryl methyl sites for hydroxylation is 2. The van der Waals surface area contributed by atoms with Gasteiger partial charge in [-0.05, 0) is 38.1 Å². The van der Waals surface area contributed by atoms with Crippen molar-refractivity contribution in [3.8, 4) is 0 Å². The molecule has 4 nitrogen and oxygen atoms in total. The summed E-state index contributed by atoms with van der Waals surface area (Å²) in [6, 6.07) is 7.23. The Kier molecular flexibility index (Phi) is 4.29. The van der Waals surface area contributed by atoms with E-state index in [4.69, 9.17) is 4.74 Å². The van der Waals surface area contributed by atoms with Gasteiger partial charge in [0.2, 0.25) is 0 Å². The number of anilines is 1. The van der Waals surface area contributed by atoms with Crippen molar-refractivity contribution in [3.05, 3.63) is 45.4 Å². The summed E-state index contributed by atoms with van der Waals surface area (Å²) in [6.45, 7) is 4.03. The number of carbonyl (C=O) groups is 1. The molecule has 0 bridgehead atoms. The van der Waals surface area contributed by atoms with Crippen LogP contribution in [-0.4, -0.2) is 18.4 Å². The summed E-state index contributed by atoms with van der Waals surface area (Å²) >= 11 is 1.62. The van der Waals surface area contributed by atoms with Crippen LogP contribution in [0.4, 0.5) is 5.69 Å². The van der Waals surface area contributed by atoms with Crippen LogP contribution in [0.3, 0.4) is 0 Å². The molecule has 1 aromatic carbocycles. The van der Waals surface area contributed by atoms with E-state index in [0.717, 1.165) is 22.7 Å². The number of methoxy groups -OCH3 is 1. The van der Waals surface area contributed by atoms with Gasteiger partial charge in [-0.1, -0.05) is 0 Å². The Labute approximate surface area is 116 Å². The van der Waals surface area contributed by atoms with Crippen LogP contribution in [-0.2, 0) is 4.74 Å². The van der Waals surface area contributed by atoms with Gasteiger partial charge in [0.15, 0.2) is 6.23 Å². The predicted molar refractivity (Wildman–Crippen MR) is 76.8 cm³/mol. The lowest BCUT2D eigenvalue weighted by Crippen LogP contribution is -2.12. The zero-order valence-electron chi connectivity index (χ0n) is 11.1. The minimum absolute atomic E-state index is 0.278. The molecule has 0 saturated heterocycles. The van der Waals surface area contributed by atoms with Gasteiger partial charge in [-0.15, -0.1) is 11.3 Å². The molecule has 0 amide bonds. The van der Waals surface area contributed by atoms with Crippen molar-refractivity contribution in [2.75, 3.05) is 12.4 Å². The first-order valence-corrected chi connectivity index (χ1v) is 6.74. The highest BCUT2D eigenvalue weighted by Gasteiger charge is 2.15. The minimum Gasteiger partial charge on any atom is -0.355 e. The van der Waals surface area contributed by atoms with Gasteiger partial charge < -0.3 is 10.1 Å². The van der Waals surface area contributed by atoms with E-state index in [-0.39, 0.29) is 6.23 Å². The molecule has 2 aromatic rings. The van der Waals surface area contributed by atoms with Gasteiger partial charge in [-0.2, -0.15) is 0 Å². The molecule has 1 unspecified atom stereocenters. The molecule has 1 atom stereocenters.